The molecule has 0 spiro atoms. The molecule has 0 fully saturated rings. The van der Waals surface area contributed by atoms with Crippen molar-refractivity contribution in [2.24, 2.45) is 5.10 Å². The maximum Gasteiger partial charge on any atom is 0.273 e. The van der Waals surface area contributed by atoms with Crippen molar-refractivity contribution < 1.29 is 9.59 Å². The summed E-state index contributed by atoms with van der Waals surface area (Å²) in [7, 11) is 0. The van der Waals surface area contributed by atoms with E-state index in [0.717, 1.165) is 0 Å². The number of hydrogen-bond acceptors (Lipinski definition) is 3. The lowest BCUT2D eigenvalue weighted by molar-refractivity contribution is -0.128. The Hall–Kier alpha value is -1.46. The molecule has 0 bridgehead atoms. The number of rotatable bonds is 4. The third-order valence-electron chi connectivity index (χ3n) is 3.03. The first-order chi connectivity index (χ1) is 9.42. The van der Waals surface area contributed by atoms with Gasteiger partial charge in [-0.1, -0.05) is 45.7 Å². The van der Waals surface area contributed by atoms with Crippen LogP contribution in [-0.2, 0) is 4.79 Å². The Kier molecular flexibility index (Phi) is 4.11. The van der Waals surface area contributed by atoms with E-state index < -0.39 is 16.0 Å². The van der Waals surface area contributed by atoms with Gasteiger partial charge in [-0.25, -0.2) is 5.01 Å². The van der Waals surface area contributed by atoms with Crippen molar-refractivity contribution in [3.63, 3.8) is 0 Å². The molecule has 1 aliphatic heterocycles. The SMILES string of the molecule is C=CCN1N=C(C)C(Br)(C(=O)c2ccccc2Cl)C1=O. The fraction of sp³-hybridized carbons (Fsp3) is 0.214. The fourth-order valence-electron chi connectivity index (χ4n) is 1.97. The Morgan fingerprint density at radius 1 is 1.55 bits per heavy atom. The van der Waals surface area contributed by atoms with Gasteiger partial charge in [0.05, 0.1) is 17.3 Å². The van der Waals surface area contributed by atoms with Gasteiger partial charge in [-0.05, 0) is 19.1 Å². The second kappa shape index (κ2) is 5.50. The first-order valence-electron chi connectivity index (χ1n) is 5.89. The number of amides is 1. The molecule has 20 heavy (non-hydrogen) atoms. The molecule has 4 nitrogen and oxygen atoms in total. The summed E-state index contributed by atoms with van der Waals surface area (Å²) in [5.74, 6) is -0.847. The van der Waals surface area contributed by atoms with Gasteiger partial charge in [-0.15, -0.1) is 6.58 Å². The van der Waals surface area contributed by atoms with Crippen LogP contribution >= 0.6 is 27.5 Å². The van der Waals surface area contributed by atoms with Crippen LogP contribution in [0.2, 0.25) is 5.02 Å². The Bertz CT molecular complexity index is 629. The first kappa shape index (κ1) is 14.9. The zero-order valence-corrected chi connectivity index (χ0v) is 13.1. The number of benzene rings is 1. The zero-order valence-electron chi connectivity index (χ0n) is 10.8. The molecular weight excluding hydrogens is 344 g/mol. The van der Waals surface area contributed by atoms with E-state index >= 15 is 0 Å². The molecule has 1 atom stereocenters. The third kappa shape index (κ3) is 2.21. The van der Waals surface area contributed by atoms with Crippen LogP contribution in [0.5, 0.6) is 0 Å². The maximum atomic E-state index is 12.7. The molecule has 1 unspecified atom stereocenters. The summed E-state index contributed by atoms with van der Waals surface area (Å²) in [6, 6.07) is 6.62. The fourth-order valence-corrected chi connectivity index (χ4v) is 2.69. The molecule has 0 saturated carbocycles. The number of alkyl halides is 1. The van der Waals surface area contributed by atoms with Crippen molar-refractivity contribution >= 4 is 44.9 Å². The standard InChI is InChI=1S/C14H12BrClN2O2/c1-3-8-18-13(20)14(15,9(2)17-18)12(19)10-6-4-5-7-11(10)16/h3-7H,1,8H2,2H3. The smallest absolute Gasteiger partial charge is 0.273 e. The molecule has 0 radical (unpaired) electrons. The molecule has 104 valence electrons. The normalized spacial score (nSPS) is 21.9. The average molecular weight is 356 g/mol. The van der Waals surface area contributed by atoms with Crippen LogP contribution in [0.15, 0.2) is 42.0 Å². The van der Waals surface area contributed by atoms with Gasteiger partial charge in [0.25, 0.3) is 5.91 Å². The van der Waals surface area contributed by atoms with Gasteiger partial charge >= 0.3 is 0 Å². The number of hydrogen-bond donors (Lipinski definition) is 0. The predicted octanol–water partition coefficient (Wildman–Crippen LogP) is 3.06. The van der Waals surface area contributed by atoms with Crippen LogP contribution in [0.25, 0.3) is 0 Å². The van der Waals surface area contributed by atoms with Gasteiger partial charge in [0.1, 0.15) is 0 Å². The quantitative estimate of drug-likeness (QED) is 0.361. The summed E-state index contributed by atoms with van der Waals surface area (Å²) in [5.41, 5.74) is 0.670. The topological polar surface area (TPSA) is 49.7 Å². The maximum absolute atomic E-state index is 12.7. The summed E-state index contributed by atoms with van der Waals surface area (Å²) in [5, 5.41) is 5.63. The second-order valence-electron chi connectivity index (χ2n) is 4.33. The molecule has 0 N–H and O–H groups in total. The van der Waals surface area contributed by atoms with Crippen molar-refractivity contribution in [2.75, 3.05) is 6.54 Å². The Balaban J connectivity index is 2.44. The van der Waals surface area contributed by atoms with Gasteiger partial charge in [0.2, 0.25) is 4.32 Å². The molecule has 0 aliphatic carbocycles. The molecule has 1 amide bonds. The van der Waals surface area contributed by atoms with Crippen LogP contribution in [0, 0.1) is 0 Å². The summed E-state index contributed by atoms with van der Waals surface area (Å²) >= 11 is 9.29. The van der Waals surface area contributed by atoms with Crippen LogP contribution in [0.4, 0.5) is 0 Å². The minimum atomic E-state index is -1.49. The lowest BCUT2D eigenvalue weighted by Crippen LogP contribution is -2.47. The zero-order chi connectivity index (χ0) is 14.9. The average Bonchev–Trinajstić information content (AvgIpc) is 2.64. The lowest BCUT2D eigenvalue weighted by atomic mass is 9.93. The van der Waals surface area contributed by atoms with Crippen LogP contribution in [0.1, 0.15) is 17.3 Å². The molecule has 1 heterocycles. The summed E-state index contributed by atoms with van der Waals surface area (Å²) < 4.78 is -1.49. The molecule has 0 saturated heterocycles. The molecular formula is C14H12BrClN2O2. The van der Waals surface area contributed by atoms with E-state index in [1.807, 2.05) is 0 Å². The second-order valence-corrected chi connectivity index (χ2v) is 5.93. The van der Waals surface area contributed by atoms with E-state index in [2.05, 4.69) is 27.6 Å². The Morgan fingerprint density at radius 2 is 2.20 bits per heavy atom. The number of ketones is 1. The van der Waals surface area contributed by atoms with Crippen molar-refractivity contribution in [1.29, 1.82) is 0 Å². The highest BCUT2D eigenvalue weighted by atomic mass is 79.9. The molecule has 6 heteroatoms. The van der Waals surface area contributed by atoms with Gasteiger partial charge in [0.15, 0.2) is 5.78 Å². The molecule has 1 aromatic carbocycles. The minimum absolute atomic E-state index is 0.249. The van der Waals surface area contributed by atoms with Crippen LogP contribution in [-0.4, -0.2) is 33.3 Å². The number of halogens is 2. The highest BCUT2D eigenvalue weighted by Crippen LogP contribution is 2.34. The van der Waals surface area contributed by atoms with E-state index in [1.165, 1.54) is 5.01 Å². The number of carbonyl (C=O) groups excluding carboxylic acids is 2. The summed E-state index contributed by atoms with van der Waals surface area (Å²) in [4.78, 5) is 25.1. The largest absolute Gasteiger partial charge is 0.291 e. The first-order valence-corrected chi connectivity index (χ1v) is 7.06. The Labute approximate surface area is 130 Å². The van der Waals surface area contributed by atoms with Crippen molar-refractivity contribution in [3.05, 3.63) is 47.5 Å². The number of nitrogens with zero attached hydrogens (tertiary/aromatic N) is 2. The van der Waals surface area contributed by atoms with E-state index in [1.54, 1.807) is 37.3 Å². The van der Waals surface area contributed by atoms with Crippen molar-refractivity contribution in [3.8, 4) is 0 Å². The lowest BCUT2D eigenvalue weighted by Gasteiger charge is -2.20. The Morgan fingerprint density at radius 3 is 2.80 bits per heavy atom. The van der Waals surface area contributed by atoms with Crippen molar-refractivity contribution in [1.82, 2.24) is 5.01 Å². The summed E-state index contributed by atoms with van der Waals surface area (Å²) in [6.07, 6.45) is 1.55. The molecule has 0 aromatic heterocycles. The number of carbonyl (C=O) groups is 2. The van der Waals surface area contributed by atoms with E-state index in [0.29, 0.717) is 10.7 Å². The van der Waals surface area contributed by atoms with Gasteiger partial charge in [0, 0.05) is 5.56 Å². The number of Topliss-reactive ketones (excluding diaryl/α,β-unsaturated/α-hetero) is 1. The van der Waals surface area contributed by atoms with Crippen molar-refractivity contribution in [2.45, 2.75) is 11.2 Å². The highest BCUT2D eigenvalue weighted by molar-refractivity contribution is 9.11. The molecule has 2 rings (SSSR count). The predicted molar refractivity (Wildman–Crippen MR) is 82.5 cm³/mol. The van der Waals surface area contributed by atoms with Gasteiger partial charge in [-0.2, -0.15) is 5.10 Å². The molecule has 1 aromatic rings. The van der Waals surface area contributed by atoms with E-state index in [4.69, 9.17) is 11.6 Å². The minimum Gasteiger partial charge on any atom is -0.291 e. The van der Waals surface area contributed by atoms with E-state index in [-0.39, 0.29) is 12.1 Å². The van der Waals surface area contributed by atoms with Gasteiger partial charge < -0.3 is 0 Å². The molecule has 1 aliphatic rings. The van der Waals surface area contributed by atoms with Gasteiger partial charge in [-0.3, -0.25) is 9.59 Å². The number of hydrazone groups is 1. The van der Waals surface area contributed by atoms with E-state index in [9.17, 15) is 9.59 Å². The summed E-state index contributed by atoms with van der Waals surface area (Å²) in [6.45, 7) is 5.44. The van der Waals surface area contributed by atoms with Crippen LogP contribution < -0.4 is 0 Å². The monoisotopic (exact) mass is 354 g/mol. The van der Waals surface area contributed by atoms with Crippen LogP contribution in [0.3, 0.4) is 0 Å². The highest BCUT2D eigenvalue weighted by Gasteiger charge is 2.53. The third-order valence-corrected chi connectivity index (χ3v) is 4.63.